The number of rotatable bonds is 27. The first-order valence-corrected chi connectivity index (χ1v) is 41.1. The van der Waals surface area contributed by atoms with E-state index < -0.39 is 94.6 Å². The first-order valence-electron chi connectivity index (χ1n) is 41.1. The van der Waals surface area contributed by atoms with Gasteiger partial charge in [0.15, 0.2) is 30.0 Å². The fourth-order valence-electron chi connectivity index (χ4n) is 14.6. The minimum atomic E-state index is -0.863. The van der Waals surface area contributed by atoms with Crippen molar-refractivity contribution in [1.82, 2.24) is 80.4 Å². The van der Waals surface area contributed by atoms with Gasteiger partial charge in [-0.25, -0.2) is 22.6 Å². The predicted molar refractivity (Wildman–Crippen MR) is 473 cm³/mol. The molecule has 8 heterocycles. The van der Waals surface area contributed by atoms with Crippen molar-refractivity contribution in [3.63, 3.8) is 0 Å². The van der Waals surface area contributed by atoms with Crippen LogP contribution in [-0.4, -0.2) is 148 Å². The highest BCUT2D eigenvalue weighted by Gasteiger charge is 2.37. The summed E-state index contributed by atoms with van der Waals surface area (Å²) in [4.78, 5) is 167. The SMILES string of the molecule is Cc1cc(NC(=O)c2c(C)c(C(=O)C(=O)NC(C)C3=NCN=N3)n(C)c2C)ccc1F.Cc1cc(NC(=O)c2c(C)c(C(=O)C(=O)NC(CC(C)C)c3nn[nH]n3)n(C)c2C)ccc1F.Cc1noc(C(C)NC(=O)C(=O)c2c(C)c(C(=O)Nc3ccc(F)c(C)c3)c(C)n2C)n1.Cc1noc(C(NC(=O)C(=O)c2c(C)c(C(=O)Nc3ccc(F)c(C)c3)c(C)n2C)C(C)C)n1. The molecule has 1 aliphatic heterocycles. The molecule has 0 bridgehead atoms. The van der Waals surface area contributed by atoms with Gasteiger partial charge in [-0.2, -0.15) is 20.3 Å². The molecule has 4 unspecified atom stereocenters. The molecule has 690 valence electrons. The van der Waals surface area contributed by atoms with Gasteiger partial charge in [-0.1, -0.05) is 43.2 Å². The van der Waals surface area contributed by atoms with Gasteiger partial charge in [-0.05, 0) is 246 Å². The van der Waals surface area contributed by atoms with Crippen molar-refractivity contribution in [3.05, 3.63) is 238 Å². The first-order chi connectivity index (χ1) is 61.5. The topological polar surface area (TPSA) is 490 Å². The van der Waals surface area contributed by atoms with E-state index in [0.717, 1.165) is 0 Å². The number of anilines is 4. The number of hydrogen-bond acceptors (Lipinski definition) is 24. The quantitative estimate of drug-likeness (QED) is 0.0131. The van der Waals surface area contributed by atoms with E-state index in [4.69, 9.17) is 9.05 Å². The molecule has 0 fully saturated rings. The number of halogens is 4. The Balaban J connectivity index is 0.000000197. The maximum absolute atomic E-state index is 13.6. The van der Waals surface area contributed by atoms with Crippen LogP contribution in [-0.2, 0) is 47.4 Å². The summed E-state index contributed by atoms with van der Waals surface area (Å²) in [5.41, 5.74) is 8.30. The fraction of sp³-hybridized carbons (Fsp3) is 0.356. The van der Waals surface area contributed by atoms with Crippen LogP contribution in [0.3, 0.4) is 0 Å². The number of carbonyl (C=O) groups excluding carboxylic acids is 12. The van der Waals surface area contributed by atoms with Crippen LogP contribution in [0.4, 0.5) is 40.3 Å². The van der Waals surface area contributed by atoms with Crippen molar-refractivity contribution in [2.24, 2.45) is 55.2 Å². The maximum Gasteiger partial charge on any atom is 0.294 e. The lowest BCUT2D eigenvalue weighted by Crippen LogP contribution is -2.42. The average Bonchev–Trinajstić information content (AvgIpc) is 1.64. The Morgan fingerprint density at radius 1 is 0.420 bits per heavy atom. The van der Waals surface area contributed by atoms with Gasteiger partial charge in [-0.15, -0.1) is 15.3 Å². The minimum absolute atomic E-state index is 0.0920. The molecular formula is C90H103F4N23O14. The third kappa shape index (κ3) is 22.8. The number of azo groups is 1. The zero-order valence-electron chi connectivity index (χ0n) is 76.8. The number of ketones is 4. The Morgan fingerprint density at radius 3 is 1.01 bits per heavy atom. The lowest BCUT2D eigenvalue weighted by atomic mass is 10.0. The fourth-order valence-corrected chi connectivity index (χ4v) is 14.6. The van der Waals surface area contributed by atoms with Crippen molar-refractivity contribution >= 4 is 99.0 Å². The van der Waals surface area contributed by atoms with Gasteiger partial charge in [0.25, 0.3) is 70.4 Å². The van der Waals surface area contributed by atoms with E-state index in [1.54, 1.807) is 139 Å². The van der Waals surface area contributed by atoms with Gasteiger partial charge in [0, 0.05) is 73.7 Å². The number of amides is 8. The van der Waals surface area contributed by atoms with E-state index >= 15 is 0 Å². The average molecular weight is 1810 g/mol. The molecular weight excluding hydrogens is 1700 g/mol. The van der Waals surface area contributed by atoms with Crippen LogP contribution in [0.5, 0.6) is 0 Å². The third-order valence-electron chi connectivity index (χ3n) is 21.9. The summed E-state index contributed by atoms with van der Waals surface area (Å²) in [6, 6.07) is 14.5. The summed E-state index contributed by atoms with van der Waals surface area (Å²) >= 11 is 0. The highest BCUT2D eigenvalue weighted by Crippen LogP contribution is 2.32. The van der Waals surface area contributed by atoms with Crippen molar-refractivity contribution < 1.29 is 84.1 Å². The van der Waals surface area contributed by atoms with Crippen molar-refractivity contribution in [1.29, 1.82) is 0 Å². The third-order valence-corrected chi connectivity index (χ3v) is 21.9. The highest BCUT2D eigenvalue weighted by atomic mass is 19.1. The Labute approximate surface area is 750 Å². The van der Waals surface area contributed by atoms with Gasteiger partial charge in [0.1, 0.15) is 35.4 Å². The zero-order valence-corrected chi connectivity index (χ0v) is 76.8. The second-order valence-electron chi connectivity index (χ2n) is 32.2. The minimum Gasteiger partial charge on any atom is -0.344 e. The molecule has 7 aromatic heterocycles. The van der Waals surface area contributed by atoms with E-state index in [2.05, 4.69) is 98.7 Å². The van der Waals surface area contributed by atoms with E-state index in [1.807, 2.05) is 27.7 Å². The summed E-state index contributed by atoms with van der Waals surface area (Å²) in [6.45, 7) is 34.0. The van der Waals surface area contributed by atoms with Gasteiger partial charge in [-0.3, -0.25) is 57.5 Å². The smallest absolute Gasteiger partial charge is 0.294 e. The summed E-state index contributed by atoms with van der Waals surface area (Å²) in [7, 11) is 6.45. The lowest BCUT2D eigenvalue weighted by molar-refractivity contribution is -0.118. The number of amidine groups is 1. The standard InChI is InChI=1S/C24H28FN5O4.C23H28FN7O3.C22H24FN5O4.C21H23FN6O3/c1-11(2)19(24-26-15(6)29-34-24)28-23(33)21(31)20-13(4)18(14(5)30(20)7)22(32)27-16-8-9-17(25)12(3)10-16;1-11(2)9-17(21-27-29-30-28-21)26-23(34)20(32)19-13(4)18(14(5)31(19)6)22(33)25-15-7-8-16(24)12(3)10-15;1-10-9-15(7-8-16(10)23)26-20(30)17-11(2)18(28(6)13(17)4)19(29)21(31)24-12(3)22-25-14(5)27-32-22;1-10-8-14(6-7-15(10)22)26-20(30)16-11(2)17(28(5)13(16)4)18(29)21(31)25-12(3)19-23-9-24-27-19/h8-11,19H,1-7H3,(H,27,32)(H,28,33);7-8,10-11,17H,9H2,1-6H3,(H,25,33)(H,26,34)(H,27,28,29,30);7-9,12H,1-6H3,(H,24,31)(H,26,30);6-8,12H,9H2,1-5H3,(H,25,31)(H,26,30). The molecule has 0 aliphatic carbocycles. The number of tetrazole rings is 1. The van der Waals surface area contributed by atoms with Gasteiger partial charge in [0.2, 0.25) is 11.8 Å². The Kier molecular flexibility index (Phi) is 32.0. The van der Waals surface area contributed by atoms with Gasteiger partial charge in [0.05, 0.1) is 57.1 Å². The molecule has 9 N–H and O–H groups in total. The molecule has 12 rings (SSSR count). The molecule has 0 saturated heterocycles. The molecule has 1 aliphatic rings. The largest absolute Gasteiger partial charge is 0.344 e. The van der Waals surface area contributed by atoms with Gasteiger partial charge < -0.3 is 69.8 Å². The van der Waals surface area contributed by atoms with Crippen LogP contribution in [0.15, 0.2) is 97.1 Å². The van der Waals surface area contributed by atoms with Gasteiger partial charge >= 0.3 is 0 Å². The molecule has 4 aromatic carbocycles. The summed E-state index contributed by atoms with van der Waals surface area (Å²) < 4.78 is 70.4. The summed E-state index contributed by atoms with van der Waals surface area (Å²) in [5, 5.41) is 50.0. The molecule has 11 aromatic rings. The Morgan fingerprint density at radius 2 is 0.733 bits per heavy atom. The van der Waals surface area contributed by atoms with Crippen molar-refractivity contribution in [2.45, 2.75) is 169 Å². The number of aryl methyl sites for hydroxylation is 6. The Hall–Kier alpha value is -15.2. The first kappa shape index (κ1) is 99.6. The number of Topliss-reactive ketones (excluding diaryl/α,β-unsaturated/α-hetero) is 4. The number of nitrogens with one attached hydrogen (secondary N) is 9. The summed E-state index contributed by atoms with van der Waals surface area (Å²) in [5.74, 6) is -7.93. The monoisotopic (exact) mass is 1810 g/mol. The number of hydrogen-bond donors (Lipinski definition) is 9. The Bertz CT molecular complexity index is 6400. The number of aromatic amines is 1. The molecule has 0 saturated carbocycles. The van der Waals surface area contributed by atoms with E-state index in [1.165, 1.54) is 91.1 Å². The van der Waals surface area contributed by atoms with Crippen LogP contribution >= 0.6 is 0 Å². The van der Waals surface area contributed by atoms with E-state index in [9.17, 15) is 75.1 Å². The van der Waals surface area contributed by atoms with E-state index in [0.29, 0.717) is 114 Å². The molecule has 0 spiro atoms. The van der Waals surface area contributed by atoms with Crippen LogP contribution in [0.25, 0.3) is 0 Å². The normalized spacial score (nSPS) is 12.4. The van der Waals surface area contributed by atoms with E-state index in [-0.39, 0.29) is 104 Å². The highest BCUT2D eigenvalue weighted by molar-refractivity contribution is 6.45. The molecule has 131 heavy (non-hydrogen) atoms. The number of benzene rings is 4. The molecule has 4 atom stereocenters. The second-order valence-corrected chi connectivity index (χ2v) is 32.2. The number of aliphatic imine (C=N–C) groups is 1. The molecule has 8 amide bonds. The van der Waals surface area contributed by atoms with Crippen LogP contribution < -0.4 is 42.5 Å². The molecule has 37 nitrogen and oxygen atoms in total. The van der Waals surface area contributed by atoms with Crippen molar-refractivity contribution in [2.75, 3.05) is 27.9 Å². The van der Waals surface area contributed by atoms with Crippen LogP contribution in [0.1, 0.15) is 246 Å². The molecule has 0 radical (unpaired) electrons. The summed E-state index contributed by atoms with van der Waals surface area (Å²) in [6.07, 6.45) is 0.508. The molecule has 41 heteroatoms. The predicted octanol–water partition coefficient (Wildman–Crippen LogP) is 12.6. The lowest BCUT2D eigenvalue weighted by Gasteiger charge is -2.18. The van der Waals surface area contributed by atoms with Crippen molar-refractivity contribution in [3.8, 4) is 0 Å². The number of nitrogens with zero attached hydrogens (tertiary/aromatic N) is 14. The zero-order chi connectivity index (χ0) is 97.1. The number of carbonyl (C=O) groups is 12. The van der Waals surface area contributed by atoms with Crippen LogP contribution in [0, 0.1) is 132 Å². The maximum atomic E-state index is 13.6. The second kappa shape index (κ2) is 42.1. The number of aromatic nitrogens is 12. The van der Waals surface area contributed by atoms with Crippen LogP contribution in [0.2, 0.25) is 0 Å². The number of H-pyrrole nitrogens is 1.